The maximum absolute atomic E-state index is 5.21. The van der Waals surface area contributed by atoms with Crippen LogP contribution in [0.25, 0.3) is 0 Å². The average molecular weight is 274 g/mol. The summed E-state index contributed by atoms with van der Waals surface area (Å²) in [6.07, 6.45) is 1.07. The molecular formula is C15H34N2O2. The van der Waals surface area contributed by atoms with E-state index in [9.17, 15) is 0 Å². The van der Waals surface area contributed by atoms with Crippen LogP contribution in [0.15, 0.2) is 0 Å². The zero-order valence-corrected chi connectivity index (χ0v) is 13.8. The van der Waals surface area contributed by atoms with E-state index in [0.717, 1.165) is 45.8 Å². The molecule has 19 heavy (non-hydrogen) atoms. The van der Waals surface area contributed by atoms with Crippen molar-refractivity contribution in [2.75, 3.05) is 53.6 Å². The van der Waals surface area contributed by atoms with Gasteiger partial charge in [-0.25, -0.2) is 0 Å². The van der Waals surface area contributed by atoms with Crippen LogP contribution < -0.4 is 5.32 Å². The van der Waals surface area contributed by atoms with Crippen LogP contribution in [0, 0.1) is 5.41 Å². The van der Waals surface area contributed by atoms with Crippen LogP contribution in [-0.4, -0.2) is 64.6 Å². The van der Waals surface area contributed by atoms with Gasteiger partial charge in [-0.2, -0.15) is 0 Å². The third-order valence-electron chi connectivity index (χ3n) is 3.37. The third-order valence-corrected chi connectivity index (χ3v) is 3.37. The number of nitrogens with zero attached hydrogens (tertiary/aromatic N) is 1. The fraction of sp³-hybridized carbons (Fsp3) is 1.00. The molecule has 0 fully saturated rings. The van der Waals surface area contributed by atoms with Crippen molar-refractivity contribution in [1.29, 1.82) is 0 Å². The second kappa shape index (κ2) is 10.6. The highest BCUT2D eigenvalue weighted by atomic mass is 16.5. The summed E-state index contributed by atoms with van der Waals surface area (Å²) in [5, 5.41) is 3.61. The predicted octanol–water partition coefficient (Wildman–Crippen LogP) is 2.00. The molecule has 0 saturated heterocycles. The molecular weight excluding hydrogens is 240 g/mol. The Kier molecular flexibility index (Phi) is 10.5. The SMILES string of the molecule is CCNC(CN(CCCOC)CCOC)C(C)(C)C. The normalized spacial score (nSPS) is 14.1. The average Bonchev–Trinajstić information content (AvgIpc) is 2.34. The van der Waals surface area contributed by atoms with Crippen molar-refractivity contribution in [3.63, 3.8) is 0 Å². The van der Waals surface area contributed by atoms with Crippen molar-refractivity contribution >= 4 is 0 Å². The van der Waals surface area contributed by atoms with Gasteiger partial charge in [0.15, 0.2) is 0 Å². The van der Waals surface area contributed by atoms with Gasteiger partial charge in [0, 0.05) is 46.5 Å². The van der Waals surface area contributed by atoms with Gasteiger partial charge >= 0.3 is 0 Å². The quantitative estimate of drug-likeness (QED) is 0.584. The van der Waals surface area contributed by atoms with E-state index in [1.54, 1.807) is 14.2 Å². The van der Waals surface area contributed by atoms with Crippen LogP contribution in [0.2, 0.25) is 0 Å². The second-order valence-electron chi connectivity index (χ2n) is 6.12. The van der Waals surface area contributed by atoms with Crippen molar-refractivity contribution in [2.45, 2.75) is 40.2 Å². The molecule has 0 aromatic rings. The van der Waals surface area contributed by atoms with Gasteiger partial charge in [-0.1, -0.05) is 27.7 Å². The Bertz CT molecular complexity index is 205. The lowest BCUT2D eigenvalue weighted by Crippen LogP contribution is -2.49. The summed E-state index contributed by atoms with van der Waals surface area (Å²) >= 11 is 0. The monoisotopic (exact) mass is 274 g/mol. The molecule has 0 heterocycles. The zero-order chi connectivity index (χ0) is 14.7. The highest BCUT2D eigenvalue weighted by Gasteiger charge is 2.25. The Morgan fingerprint density at radius 1 is 1.05 bits per heavy atom. The summed E-state index contributed by atoms with van der Waals surface area (Å²) in [5.41, 5.74) is 0.266. The molecule has 0 aromatic heterocycles. The van der Waals surface area contributed by atoms with Gasteiger partial charge in [0.1, 0.15) is 0 Å². The summed E-state index contributed by atoms with van der Waals surface area (Å²) in [7, 11) is 3.52. The van der Waals surface area contributed by atoms with E-state index in [-0.39, 0.29) is 5.41 Å². The van der Waals surface area contributed by atoms with Crippen molar-refractivity contribution in [1.82, 2.24) is 10.2 Å². The lowest BCUT2D eigenvalue weighted by molar-refractivity contribution is 0.110. The summed E-state index contributed by atoms with van der Waals surface area (Å²) in [6, 6.07) is 0.497. The molecule has 0 aliphatic heterocycles. The van der Waals surface area contributed by atoms with Crippen LogP contribution >= 0.6 is 0 Å². The number of rotatable bonds is 11. The van der Waals surface area contributed by atoms with Crippen molar-refractivity contribution in [3.05, 3.63) is 0 Å². The Morgan fingerprint density at radius 3 is 2.16 bits per heavy atom. The first-order chi connectivity index (χ1) is 8.95. The summed E-state index contributed by atoms with van der Waals surface area (Å²) < 4.78 is 10.4. The molecule has 0 spiro atoms. The first-order valence-electron chi connectivity index (χ1n) is 7.39. The minimum absolute atomic E-state index is 0.266. The molecule has 0 radical (unpaired) electrons. The highest BCUT2D eigenvalue weighted by molar-refractivity contribution is 4.83. The minimum Gasteiger partial charge on any atom is -0.385 e. The van der Waals surface area contributed by atoms with Gasteiger partial charge in [0.2, 0.25) is 0 Å². The number of likely N-dealkylation sites (N-methyl/N-ethyl adjacent to an activating group) is 1. The Morgan fingerprint density at radius 2 is 1.68 bits per heavy atom. The smallest absolute Gasteiger partial charge is 0.0589 e. The maximum atomic E-state index is 5.21. The molecule has 116 valence electrons. The molecule has 4 heteroatoms. The molecule has 0 aromatic carbocycles. The molecule has 0 aliphatic carbocycles. The predicted molar refractivity (Wildman–Crippen MR) is 81.7 cm³/mol. The second-order valence-corrected chi connectivity index (χ2v) is 6.12. The number of methoxy groups -OCH3 is 2. The van der Waals surface area contributed by atoms with Gasteiger partial charge in [-0.15, -0.1) is 0 Å². The van der Waals surface area contributed by atoms with Crippen LogP contribution in [0.5, 0.6) is 0 Å². The molecule has 0 aliphatic rings. The fourth-order valence-corrected chi connectivity index (χ4v) is 2.10. The van der Waals surface area contributed by atoms with E-state index in [2.05, 4.69) is 37.9 Å². The van der Waals surface area contributed by atoms with Gasteiger partial charge in [-0.3, -0.25) is 4.90 Å². The molecule has 4 nitrogen and oxygen atoms in total. The number of nitrogens with one attached hydrogen (secondary N) is 1. The van der Waals surface area contributed by atoms with E-state index < -0.39 is 0 Å². The van der Waals surface area contributed by atoms with E-state index in [1.807, 2.05) is 0 Å². The number of hydrogen-bond donors (Lipinski definition) is 1. The topological polar surface area (TPSA) is 33.7 Å². The van der Waals surface area contributed by atoms with Crippen molar-refractivity contribution in [2.24, 2.45) is 5.41 Å². The maximum Gasteiger partial charge on any atom is 0.0589 e. The molecule has 1 unspecified atom stereocenters. The Labute approximate surface area is 119 Å². The molecule has 0 amide bonds. The summed E-state index contributed by atoms with van der Waals surface area (Å²) in [6.45, 7) is 14.8. The van der Waals surface area contributed by atoms with E-state index in [1.165, 1.54) is 0 Å². The van der Waals surface area contributed by atoms with Crippen LogP contribution in [0.3, 0.4) is 0 Å². The van der Waals surface area contributed by atoms with Gasteiger partial charge in [0.25, 0.3) is 0 Å². The van der Waals surface area contributed by atoms with Crippen molar-refractivity contribution < 1.29 is 9.47 Å². The molecule has 0 bridgehead atoms. The molecule has 1 atom stereocenters. The lowest BCUT2D eigenvalue weighted by Gasteiger charge is -2.36. The summed E-state index contributed by atoms with van der Waals surface area (Å²) in [4.78, 5) is 2.47. The highest BCUT2D eigenvalue weighted by Crippen LogP contribution is 2.20. The van der Waals surface area contributed by atoms with Crippen LogP contribution in [0.1, 0.15) is 34.1 Å². The Balaban J connectivity index is 4.37. The number of ether oxygens (including phenoxy) is 2. The first kappa shape index (κ1) is 18.8. The van der Waals surface area contributed by atoms with Crippen LogP contribution in [0.4, 0.5) is 0 Å². The van der Waals surface area contributed by atoms with Gasteiger partial charge in [-0.05, 0) is 18.4 Å². The van der Waals surface area contributed by atoms with Gasteiger partial charge in [0.05, 0.1) is 6.61 Å². The largest absolute Gasteiger partial charge is 0.385 e. The zero-order valence-electron chi connectivity index (χ0n) is 13.8. The van der Waals surface area contributed by atoms with Crippen molar-refractivity contribution in [3.8, 4) is 0 Å². The standard InChI is InChI=1S/C15H34N2O2/c1-7-16-14(15(2,3)4)13-17(10-12-19-6)9-8-11-18-5/h14,16H,7-13H2,1-6H3. The van der Waals surface area contributed by atoms with Gasteiger partial charge < -0.3 is 14.8 Å². The van der Waals surface area contributed by atoms with E-state index in [0.29, 0.717) is 6.04 Å². The Hall–Kier alpha value is -0.160. The summed E-state index contributed by atoms with van der Waals surface area (Å²) in [5.74, 6) is 0. The third kappa shape index (κ3) is 9.38. The molecule has 0 saturated carbocycles. The lowest BCUT2D eigenvalue weighted by atomic mass is 9.86. The van der Waals surface area contributed by atoms with E-state index >= 15 is 0 Å². The first-order valence-corrected chi connectivity index (χ1v) is 7.39. The van der Waals surface area contributed by atoms with E-state index in [4.69, 9.17) is 9.47 Å². The van der Waals surface area contributed by atoms with Crippen LogP contribution in [-0.2, 0) is 9.47 Å². The molecule has 0 rings (SSSR count). The molecule has 1 N–H and O–H groups in total. The fourth-order valence-electron chi connectivity index (χ4n) is 2.10. The minimum atomic E-state index is 0.266. The number of hydrogen-bond acceptors (Lipinski definition) is 4.